The first kappa shape index (κ1) is 9.72. The molecule has 0 saturated heterocycles. The Labute approximate surface area is 82.3 Å². The zero-order chi connectivity index (χ0) is 9.35. The number of halogens is 1. The first-order valence-corrected chi connectivity index (χ1v) is 4.83. The maximum Gasteiger partial charge on any atom is 0.0514 e. The predicted molar refractivity (Wildman–Crippen MR) is 55.4 cm³/mol. The van der Waals surface area contributed by atoms with E-state index in [4.69, 9.17) is 0 Å². The molecule has 1 nitrogen and oxygen atoms in total. The van der Waals surface area contributed by atoms with Gasteiger partial charge < -0.3 is 0 Å². The van der Waals surface area contributed by atoms with Crippen molar-refractivity contribution >= 4 is 15.9 Å². The molecule has 0 saturated carbocycles. The Morgan fingerprint density at radius 2 is 1.92 bits per heavy atom. The van der Waals surface area contributed by atoms with E-state index in [9.17, 15) is 0 Å². The predicted octanol–water partition coefficient (Wildman–Crippen LogP) is 3.45. The molecule has 0 aliphatic rings. The van der Waals surface area contributed by atoms with Gasteiger partial charge in [0, 0.05) is 10.7 Å². The molecule has 0 spiro atoms. The summed E-state index contributed by atoms with van der Waals surface area (Å²) in [5.41, 5.74) is 2.49. The summed E-state index contributed by atoms with van der Waals surface area (Å²) in [7, 11) is 0. The molecule has 0 atom stereocenters. The third-order valence-corrected chi connectivity index (χ3v) is 2.69. The van der Waals surface area contributed by atoms with Crippen LogP contribution >= 0.6 is 15.9 Å². The normalized spacial score (nSPS) is 11.8. The first-order chi connectivity index (χ1) is 5.41. The minimum atomic E-state index is 0.184. The van der Waals surface area contributed by atoms with E-state index in [0.29, 0.717) is 0 Å². The topological polar surface area (TPSA) is 12.9 Å². The van der Waals surface area contributed by atoms with E-state index in [-0.39, 0.29) is 5.41 Å². The third kappa shape index (κ3) is 2.07. The van der Waals surface area contributed by atoms with Gasteiger partial charge in [-0.3, -0.25) is 4.98 Å². The number of aromatic nitrogens is 1. The van der Waals surface area contributed by atoms with Crippen molar-refractivity contribution in [1.82, 2.24) is 4.98 Å². The third-order valence-electron chi connectivity index (χ3n) is 1.89. The molecule has 1 rings (SSSR count). The second-order valence-electron chi connectivity index (χ2n) is 4.04. The molecule has 0 aliphatic heterocycles. The number of nitrogens with zero attached hydrogens (tertiary/aromatic N) is 1. The van der Waals surface area contributed by atoms with Crippen LogP contribution in [-0.2, 0) is 5.41 Å². The van der Waals surface area contributed by atoms with Gasteiger partial charge in [0.25, 0.3) is 0 Å². The van der Waals surface area contributed by atoms with Gasteiger partial charge in [-0.1, -0.05) is 20.8 Å². The number of hydrogen-bond acceptors (Lipinski definition) is 1. The summed E-state index contributed by atoms with van der Waals surface area (Å²) in [6.07, 6.45) is 1.94. The van der Waals surface area contributed by atoms with Crippen molar-refractivity contribution in [1.29, 1.82) is 0 Å². The van der Waals surface area contributed by atoms with Gasteiger partial charge in [-0.2, -0.15) is 0 Å². The molecule has 0 bridgehead atoms. The molecule has 1 heterocycles. The van der Waals surface area contributed by atoms with Crippen LogP contribution < -0.4 is 0 Å². The molecule has 1 aromatic rings. The molecule has 0 N–H and O–H groups in total. The molecule has 0 amide bonds. The fraction of sp³-hybridized carbons (Fsp3) is 0.500. The lowest BCUT2D eigenvalue weighted by Gasteiger charge is -2.18. The van der Waals surface area contributed by atoms with Crippen LogP contribution in [0.15, 0.2) is 16.7 Å². The molecule has 0 fully saturated rings. The van der Waals surface area contributed by atoms with Crippen molar-refractivity contribution in [2.45, 2.75) is 33.1 Å². The quantitative estimate of drug-likeness (QED) is 0.662. The Hall–Kier alpha value is -0.370. The van der Waals surface area contributed by atoms with Gasteiger partial charge in [-0.15, -0.1) is 0 Å². The van der Waals surface area contributed by atoms with Gasteiger partial charge in [0.1, 0.15) is 0 Å². The van der Waals surface area contributed by atoms with E-state index in [1.807, 2.05) is 13.1 Å². The highest BCUT2D eigenvalue weighted by Gasteiger charge is 2.14. The molecule has 2 heteroatoms. The minimum absolute atomic E-state index is 0.184. The smallest absolute Gasteiger partial charge is 0.0514 e. The maximum absolute atomic E-state index is 4.30. The highest BCUT2D eigenvalue weighted by Crippen LogP contribution is 2.25. The van der Waals surface area contributed by atoms with Crippen LogP contribution in [-0.4, -0.2) is 4.98 Å². The van der Waals surface area contributed by atoms with E-state index < -0.39 is 0 Å². The van der Waals surface area contributed by atoms with E-state index in [2.05, 4.69) is 47.8 Å². The van der Waals surface area contributed by atoms with E-state index >= 15 is 0 Å². The molecule has 0 aromatic carbocycles. The fourth-order valence-electron chi connectivity index (χ4n) is 0.916. The minimum Gasteiger partial charge on any atom is -0.260 e. The second-order valence-corrected chi connectivity index (χ2v) is 4.90. The number of aryl methyl sites for hydroxylation is 1. The Morgan fingerprint density at radius 3 is 2.33 bits per heavy atom. The summed E-state index contributed by atoms with van der Waals surface area (Å²) in [4.78, 5) is 4.30. The van der Waals surface area contributed by atoms with Crippen LogP contribution in [0.2, 0.25) is 0 Å². The van der Waals surface area contributed by atoms with Gasteiger partial charge >= 0.3 is 0 Å². The number of pyridine rings is 1. The zero-order valence-corrected chi connectivity index (χ0v) is 9.57. The SMILES string of the molecule is Cc1ncc(C(C)(C)C)cc1Br. The lowest BCUT2D eigenvalue weighted by Crippen LogP contribution is -2.11. The van der Waals surface area contributed by atoms with Gasteiger partial charge in [0.2, 0.25) is 0 Å². The molecule has 1 aromatic heterocycles. The largest absolute Gasteiger partial charge is 0.260 e. The average molecular weight is 228 g/mol. The van der Waals surface area contributed by atoms with Crippen LogP contribution in [0.5, 0.6) is 0 Å². The summed E-state index contributed by atoms with van der Waals surface area (Å²) in [6.45, 7) is 8.56. The van der Waals surface area contributed by atoms with Crippen LogP contribution in [0.3, 0.4) is 0 Å². The van der Waals surface area contributed by atoms with E-state index in [0.717, 1.165) is 10.2 Å². The van der Waals surface area contributed by atoms with Crippen molar-refractivity contribution in [3.63, 3.8) is 0 Å². The summed E-state index contributed by atoms with van der Waals surface area (Å²) in [5, 5.41) is 0. The summed E-state index contributed by atoms with van der Waals surface area (Å²) >= 11 is 3.48. The Bertz CT molecular complexity index is 286. The van der Waals surface area contributed by atoms with Crippen molar-refractivity contribution < 1.29 is 0 Å². The van der Waals surface area contributed by atoms with Crippen molar-refractivity contribution in [3.8, 4) is 0 Å². The van der Waals surface area contributed by atoms with Gasteiger partial charge in [-0.05, 0) is 39.9 Å². The Kier molecular flexibility index (Phi) is 2.57. The number of hydrogen-bond donors (Lipinski definition) is 0. The molecular formula is C10H14BrN. The van der Waals surface area contributed by atoms with Gasteiger partial charge in [-0.25, -0.2) is 0 Å². The molecule has 66 valence electrons. The summed E-state index contributed by atoms with van der Waals surface area (Å²) < 4.78 is 1.09. The van der Waals surface area contributed by atoms with Crippen LogP contribution in [0.1, 0.15) is 32.0 Å². The molecule has 12 heavy (non-hydrogen) atoms. The van der Waals surface area contributed by atoms with Crippen molar-refractivity contribution in [3.05, 3.63) is 28.0 Å². The highest BCUT2D eigenvalue weighted by molar-refractivity contribution is 9.10. The lowest BCUT2D eigenvalue weighted by atomic mass is 9.88. The van der Waals surface area contributed by atoms with Crippen LogP contribution in [0.25, 0.3) is 0 Å². The van der Waals surface area contributed by atoms with E-state index in [1.54, 1.807) is 0 Å². The van der Waals surface area contributed by atoms with Gasteiger partial charge in [0.05, 0.1) is 5.69 Å². The standard InChI is InChI=1S/C10H14BrN/c1-7-9(11)5-8(6-12-7)10(2,3)4/h5-6H,1-4H3. The van der Waals surface area contributed by atoms with Crippen LogP contribution in [0, 0.1) is 6.92 Å². The lowest BCUT2D eigenvalue weighted by molar-refractivity contribution is 0.586. The van der Waals surface area contributed by atoms with Crippen LogP contribution in [0.4, 0.5) is 0 Å². The highest BCUT2D eigenvalue weighted by atomic mass is 79.9. The maximum atomic E-state index is 4.30. The monoisotopic (exact) mass is 227 g/mol. The number of rotatable bonds is 0. The molecular weight excluding hydrogens is 214 g/mol. The van der Waals surface area contributed by atoms with Gasteiger partial charge in [0.15, 0.2) is 0 Å². The van der Waals surface area contributed by atoms with Crippen molar-refractivity contribution in [2.24, 2.45) is 0 Å². The second kappa shape index (κ2) is 3.17. The summed E-state index contributed by atoms with van der Waals surface area (Å²) in [6, 6.07) is 2.14. The van der Waals surface area contributed by atoms with E-state index in [1.165, 1.54) is 5.56 Å². The summed E-state index contributed by atoms with van der Waals surface area (Å²) in [5.74, 6) is 0. The molecule has 0 radical (unpaired) electrons. The Morgan fingerprint density at radius 1 is 1.33 bits per heavy atom. The molecule has 0 unspecified atom stereocenters. The molecule has 0 aliphatic carbocycles. The zero-order valence-electron chi connectivity index (χ0n) is 7.98. The average Bonchev–Trinajstić information content (AvgIpc) is 1.92. The Balaban J connectivity index is 3.14. The first-order valence-electron chi connectivity index (χ1n) is 4.04. The van der Waals surface area contributed by atoms with Crippen molar-refractivity contribution in [2.75, 3.05) is 0 Å². The fourth-order valence-corrected chi connectivity index (χ4v) is 1.27.